The zero-order valence-corrected chi connectivity index (χ0v) is 12.3. The van der Waals surface area contributed by atoms with Gasteiger partial charge in [-0.05, 0) is 28.1 Å². The third-order valence-corrected chi connectivity index (χ3v) is 3.80. The van der Waals surface area contributed by atoms with Crippen LogP contribution in [-0.2, 0) is 0 Å². The molecule has 0 atom stereocenters. The fourth-order valence-electron chi connectivity index (χ4n) is 1.28. The minimum Gasteiger partial charge on any atom is -0.298 e. The first-order chi connectivity index (χ1) is 8.97. The molecule has 0 radical (unpaired) electrons. The van der Waals surface area contributed by atoms with Crippen molar-refractivity contribution in [2.75, 3.05) is 5.32 Å². The van der Waals surface area contributed by atoms with E-state index in [1.165, 1.54) is 29.5 Å². The number of rotatable bonds is 3. The highest BCUT2D eigenvalue weighted by atomic mass is 79.9. The molecule has 1 N–H and O–H groups in total. The Hall–Kier alpha value is -1.51. The van der Waals surface area contributed by atoms with E-state index in [4.69, 9.17) is 11.6 Å². The highest BCUT2D eigenvalue weighted by Crippen LogP contribution is 2.26. The van der Waals surface area contributed by atoms with Crippen LogP contribution in [0.3, 0.4) is 0 Å². The fourth-order valence-corrected chi connectivity index (χ4v) is 2.63. The van der Waals surface area contributed by atoms with Gasteiger partial charge in [-0.25, -0.2) is 4.98 Å². The van der Waals surface area contributed by atoms with Gasteiger partial charge in [0.1, 0.15) is 5.02 Å². The fraction of sp³-hybridized carbons (Fsp3) is 0. The molecule has 2 rings (SSSR count). The smallest absolute Gasteiger partial charge is 0.287 e. The lowest BCUT2D eigenvalue weighted by molar-refractivity contribution is -0.384. The number of anilines is 1. The third kappa shape index (κ3) is 3.28. The van der Waals surface area contributed by atoms with Crippen LogP contribution in [0, 0.1) is 10.1 Å². The molecule has 0 saturated carbocycles. The van der Waals surface area contributed by atoms with Gasteiger partial charge in [-0.3, -0.25) is 20.2 Å². The number of nitro benzene ring substituents is 1. The molecular formula is C10H5BrClN3O3S. The van der Waals surface area contributed by atoms with E-state index in [2.05, 4.69) is 26.2 Å². The molecular weight excluding hydrogens is 358 g/mol. The van der Waals surface area contributed by atoms with Gasteiger partial charge in [0, 0.05) is 11.6 Å². The largest absolute Gasteiger partial charge is 0.298 e. The summed E-state index contributed by atoms with van der Waals surface area (Å²) in [6, 6.07) is 3.77. The average Bonchev–Trinajstić information content (AvgIpc) is 2.74. The van der Waals surface area contributed by atoms with Crippen LogP contribution < -0.4 is 5.32 Å². The van der Waals surface area contributed by atoms with Gasteiger partial charge >= 0.3 is 0 Å². The summed E-state index contributed by atoms with van der Waals surface area (Å²) in [6.07, 6.45) is 1.56. The molecule has 1 aromatic carbocycles. The van der Waals surface area contributed by atoms with Crippen LogP contribution in [-0.4, -0.2) is 15.8 Å². The molecule has 19 heavy (non-hydrogen) atoms. The molecule has 0 bridgehead atoms. The van der Waals surface area contributed by atoms with Gasteiger partial charge < -0.3 is 0 Å². The predicted octanol–water partition coefficient (Wildman–Crippen LogP) is 3.72. The van der Waals surface area contributed by atoms with Gasteiger partial charge in [-0.2, -0.15) is 0 Å². The summed E-state index contributed by atoms with van der Waals surface area (Å²) in [7, 11) is 0. The number of hydrogen-bond donors (Lipinski definition) is 1. The Labute approximate surface area is 124 Å². The molecule has 0 unspecified atom stereocenters. The van der Waals surface area contributed by atoms with Crippen LogP contribution >= 0.6 is 38.9 Å². The van der Waals surface area contributed by atoms with Crippen molar-refractivity contribution >= 4 is 55.6 Å². The van der Waals surface area contributed by atoms with Crippen LogP contribution in [0.4, 0.5) is 10.8 Å². The van der Waals surface area contributed by atoms with Gasteiger partial charge in [0.15, 0.2) is 5.13 Å². The first-order valence-corrected chi connectivity index (χ1v) is 6.83. The molecule has 6 nitrogen and oxygen atoms in total. The Balaban J connectivity index is 2.20. The maximum atomic E-state index is 11.9. The minimum absolute atomic E-state index is 0.0852. The number of nitrogens with zero attached hydrogens (tertiary/aromatic N) is 2. The first kappa shape index (κ1) is 13.9. The lowest BCUT2D eigenvalue weighted by Gasteiger charge is -2.02. The van der Waals surface area contributed by atoms with Crippen LogP contribution in [0.5, 0.6) is 0 Å². The Morgan fingerprint density at radius 1 is 1.53 bits per heavy atom. The number of nitrogens with one attached hydrogen (secondary N) is 1. The number of carbonyl (C=O) groups is 1. The van der Waals surface area contributed by atoms with Crippen LogP contribution in [0.15, 0.2) is 28.2 Å². The normalized spacial score (nSPS) is 10.2. The molecule has 0 aliphatic rings. The number of thiazole rings is 1. The number of carbonyl (C=O) groups excluding carboxylic acids is 1. The Morgan fingerprint density at radius 3 is 2.79 bits per heavy atom. The van der Waals surface area contributed by atoms with Gasteiger partial charge in [0.2, 0.25) is 0 Å². The molecule has 1 aromatic heterocycles. The summed E-state index contributed by atoms with van der Waals surface area (Å²) in [6.45, 7) is 0. The molecule has 0 aliphatic carbocycles. The Kier molecular flexibility index (Phi) is 4.13. The van der Waals surface area contributed by atoms with E-state index in [0.717, 1.165) is 3.79 Å². The summed E-state index contributed by atoms with van der Waals surface area (Å²) in [5.41, 5.74) is -0.0165. The van der Waals surface area contributed by atoms with Gasteiger partial charge in [0.05, 0.1) is 14.9 Å². The number of benzene rings is 1. The SMILES string of the molecule is O=C(Nc1ncc(Br)s1)c1ccc([N+](=O)[O-])c(Cl)c1. The van der Waals surface area contributed by atoms with Crippen molar-refractivity contribution in [3.05, 3.63) is 48.9 Å². The van der Waals surface area contributed by atoms with Gasteiger partial charge in [-0.15, -0.1) is 0 Å². The maximum Gasteiger partial charge on any atom is 0.287 e. The summed E-state index contributed by atoms with van der Waals surface area (Å²) in [4.78, 5) is 25.8. The summed E-state index contributed by atoms with van der Waals surface area (Å²) < 4.78 is 0.782. The second-order valence-electron chi connectivity index (χ2n) is 3.35. The second kappa shape index (κ2) is 5.64. The number of amides is 1. The van der Waals surface area contributed by atoms with E-state index >= 15 is 0 Å². The number of halogens is 2. The molecule has 0 spiro atoms. The van der Waals surface area contributed by atoms with E-state index in [1.807, 2.05) is 0 Å². The van der Waals surface area contributed by atoms with E-state index in [1.54, 1.807) is 6.20 Å². The van der Waals surface area contributed by atoms with Crippen molar-refractivity contribution in [3.63, 3.8) is 0 Å². The maximum absolute atomic E-state index is 11.9. The zero-order chi connectivity index (χ0) is 14.0. The second-order valence-corrected chi connectivity index (χ2v) is 6.16. The minimum atomic E-state index is -0.609. The lowest BCUT2D eigenvalue weighted by Crippen LogP contribution is -2.11. The van der Waals surface area contributed by atoms with E-state index < -0.39 is 10.8 Å². The molecule has 0 aliphatic heterocycles. The van der Waals surface area contributed by atoms with Crippen molar-refractivity contribution in [2.45, 2.75) is 0 Å². The highest BCUT2D eigenvalue weighted by molar-refractivity contribution is 9.11. The van der Waals surface area contributed by atoms with Crippen LogP contribution in [0.1, 0.15) is 10.4 Å². The van der Waals surface area contributed by atoms with Crippen molar-refractivity contribution < 1.29 is 9.72 Å². The van der Waals surface area contributed by atoms with Crippen molar-refractivity contribution in [1.82, 2.24) is 4.98 Å². The topological polar surface area (TPSA) is 85.1 Å². The Bertz CT molecular complexity index is 661. The number of hydrogen-bond acceptors (Lipinski definition) is 5. The Morgan fingerprint density at radius 2 is 2.26 bits per heavy atom. The van der Waals surface area contributed by atoms with Crippen LogP contribution in [0.2, 0.25) is 5.02 Å². The standard InChI is InChI=1S/C10H5BrClN3O3S/c11-8-4-13-10(19-8)14-9(16)5-1-2-7(15(17)18)6(12)3-5/h1-4H,(H,13,14,16). The number of aromatic nitrogens is 1. The van der Waals surface area contributed by atoms with Crippen LogP contribution in [0.25, 0.3) is 0 Å². The molecule has 1 amide bonds. The lowest BCUT2D eigenvalue weighted by atomic mass is 10.2. The zero-order valence-electron chi connectivity index (χ0n) is 9.09. The van der Waals surface area contributed by atoms with Crippen molar-refractivity contribution in [1.29, 1.82) is 0 Å². The van der Waals surface area contributed by atoms with E-state index in [9.17, 15) is 14.9 Å². The van der Waals surface area contributed by atoms with Gasteiger partial charge in [-0.1, -0.05) is 22.9 Å². The molecule has 1 heterocycles. The monoisotopic (exact) mass is 361 g/mol. The third-order valence-electron chi connectivity index (χ3n) is 2.10. The van der Waals surface area contributed by atoms with Crippen molar-refractivity contribution in [2.24, 2.45) is 0 Å². The first-order valence-electron chi connectivity index (χ1n) is 4.84. The highest BCUT2D eigenvalue weighted by Gasteiger charge is 2.16. The summed E-state index contributed by atoms with van der Waals surface area (Å²) in [5.74, 6) is -0.432. The average molecular weight is 363 g/mol. The molecule has 2 aromatic rings. The molecule has 98 valence electrons. The van der Waals surface area contributed by atoms with Crippen molar-refractivity contribution in [3.8, 4) is 0 Å². The van der Waals surface area contributed by atoms with Gasteiger partial charge in [0.25, 0.3) is 11.6 Å². The predicted molar refractivity (Wildman–Crippen MR) is 75.9 cm³/mol. The van der Waals surface area contributed by atoms with E-state index in [-0.39, 0.29) is 16.3 Å². The molecule has 9 heteroatoms. The molecule has 0 saturated heterocycles. The quantitative estimate of drug-likeness (QED) is 0.666. The summed E-state index contributed by atoms with van der Waals surface area (Å²) in [5, 5.41) is 13.5. The van der Waals surface area contributed by atoms with E-state index in [0.29, 0.717) is 5.13 Å². The summed E-state index contributed by atoms with van der Waals surface area (Å²) >= 11 is 10.2. The molecule has 0 fully saturated rings. The number of nitro groups is 1.